The summed E-state index contributed by atoms with van der Waals surface area (Å²) in [5.74, 6) is -0.326. The lowest BCUT2D eigenvalue weighted by Gasteiger charge is -2.04. The van der Waals surface area contributed by atoms with E-state index >= 15 is 0 Å². The molecule has 0 amide bonds. The number of halogens is 1. The van der Waals surface area contributed by atoms with E-state index in [1.807, 2.05) is 26.0 Å². The SMILES string of the molecule is CCOC(=O)/C=C/c1cc(C)c(Cl)c(C)c1. The first-order valence-corrected chi connectivity index (χ1v) is 5.54. The molecule has 0 radical (unpaired) electrons. The van der Waals surface area contributed by atoms with Gasteiger partial charge in [0, 0.05) is 11.1 Å². The van der Waals surface area contributed by atoms with E-state index in [-0.39, 0.29) is 5.97 Å². The average Bonchev–Trinajstić information content (AvgIpc) is 2.23. The second-order valence-corrected chi connectivity index (χ2v) is 3.93. The minimum Gasteiger partial charge on any atom is -0.463 e. The molecule has 2 nitrogen and oxygen atoms in total. The van der Waals surface area contributed by atoms with Crippen molar-refractivity contribution in [1.82, 2.24) is 0 Å². The van der Waals surface area contributed by atoms with Gasteiger partial charge in [0.25, 0.3) is 0 Å². The maximum atomic E-state index is 11.1. The Morgan fingerprint density at radius 1 is 1.38 bits per heavy atom. The largest absolute Gasteiger partial charge is 0.463 e. The van der Waals surface area contributed by atoms with Crippen molar-refractivity contribution in [3.63, 3.8) is 0 Å². The number of rotatable bonds is 3. The van der Waals surface area contributed by atoms with Crippen LogP contribution in [-0.2, 0) is 9.53 Å². The van der Waals surface area contributed by atoms with Crippen LogP contribution in [0.2, 0.25) is 5.02 Å². The fraction of sp³-hybridized carbons (Fsp3) is 0.308. The Labute approximate surface area is 101 Å². The minimum absolute atomic E-state index is 0.326. The van der Waals surface area contributed by atoms with Crippen molar-refractivity contribution in [2.75, 3.05) is 6.61 Å². The number of carbonyl (C=O) groups excluding carboxylic acids is 1. The zero-order valence-electron chi connectivity index (χ0n) is 9.71. The molecule has 0 heterocycles. The summed E-state index contributed by atoms with van der Waals surface area (Å²) in [6.45, 7) is 6.05. The number of aryl methyl sites for hydroxylation is 2. The zero-order chi connectivity index (χ0) is 12.1. The highest BCUT2D eigenvalue weighted by Crippen LogP contribution is 2.22. The van der Waals surface area contributed by atoms with Gasteiger partial charge in [-0.25, -0.2) is 4.79 Å². The third kappa shape index (κ3) is 3.38. The van der Waals surface area contributed by atoms with Crippen molar-refractivity contribution >= 4 is 23.6 Å². The van der Waals surface area contributed by atoms with Crippen LogP contribution in [0.4, 0.5) is 0 Å². The molecule has 16 heavy (non-hydrogen) atoms. The lowest BCUT2D eigenvalue weighted by atomic mass is 10.1. The first-order valence-electron chi connectivity index (χ1n) is 5.16. The van der Waals surface area contributed by atoms with Gasteiger partial charge in [-0.2, -0.15) is 0 Å². The van der Waals surface area contributed by atoms with E-state index in [0.29, 0.717) is 6.61 Å². The summed E-state index contributed by atoms with van der Waals surface area (Å²) in [4.78, 5) is 11.1. The molecular weight excluding hydrogens is 224 g/mol. The number of esters is 1. The summed E-state index contributed by atoms with van der Waals surface area (Å²) in [7, 11) is 0. The van der Waals surface area contributed by atoms with Gasteiger partial charge in [0.2, 0.25) is 0 Å². The molecule has 1 aromatic carbocycles. The summed E-state index contributed by atoms with van der Waals surface area (Å²) in [6.07, 6.45) is 3.15. The van der Waals surface area contributed by atoms with Crippen LogP contribution in [-0.4, -0.2) is 12.6 Å². The van der Waals surface area contributed by atoms with Gasteiger partial charge in [0.1, 0.15) is 0 Å². The Bertz CT molecular complexity index is 399. The predicted molar refractivity (Wildman–Crippen MR) is 66.6 cm³/mol. The predicted octanol–water partition coefficient (Wildman–Crippen LogP) is 3.53. The maximum absolute atomic E-state index is 11.1. The van der Waals surface area contributed by atoms with Crippen LogP contribution in [0, 0.1) is 13.8 Å². The van der Waals surface area contributed by atoms with E-state index < -0.39 is 0 Å². The van der Waals surface area contributed by atoms with E-state index in [1.165, 1.54) is 6.08 Å². The molecule has 0 atom stereocenters. The molecule has 0 aromatic heterocycles. The average molecular weight is 239 g/mol. The van der Waals surface area contributed by atoms with E-state index in [0.717, 1.165) is 21.7 Å². The highest BCUT2D eigenvalue weighted by atomic mass is 35.5. The molecule has 1 rings (SSSR count). The van der Waals surface area contributed by atoms with Crippen LogP contribution >= 0.6 is 11.6 Å². The van der Waals surface area contributed by atoms with Crippen LogP contribution < -0.4 is 0 Å². The molecule has 0 saturated heterocycles. The number of hydrogen-bond donors (Lipinski definition) is 0. The van der Waals surface area contributed by atoms with Gasteiger partial charge in [0.15, 0.2) is 0 Å². The van der Waals surface area contributed by atoms with Gasteiger partial charge in [-0.05, 0) is 43.5 Å². The fourth-order valence-corrected chi connectivity index (χ4v) is 1.54. The molecule has 0 fully saturated rings. The van der Waals surface area contributed by atoms with Gasteiger partial charge in [-0.3, -0.25) is 0 Å². The molecule has 0 aliphatic rings. The van der Waals surface area contributed by atoms with Gasteiger partial charge in [-0.15, -0.1) is 0 Å². The molecule has 0 saturated carbocycles. The maximum Gasteiger partial charge on any atom is 0.330 e. The van der Waals surface area contributed by atoms with Crippen molar-refractivity contribution in [2.45, 2.75) is 20.8 Å². The smallest absolute Gasteiger partial charge is 0.330 e. The van der Waals surface area contributed by atoms with Crippen LogP contribution in [0.3, 0.4) is 0 Å². The van der Waals surface area contributed by atoms with E-state index in [2.05, 4.69) is 0 Å². The molecule has 0 aliphatic carbocycles. The monoisotopic (exact) mass is 238 g/mol. The number of ether oxygens (including phenoxy) is 1. The van der Waals surface area contributed by atoms with Crippen LogP contribution in [0.5, 0.6) is 0 Å². The Kier molecular flexibility index (Phi) is 4.56. The Hall–Kier alpha value is -1.28. The molecule has 1 aromatic rings. The van der Waals surface area contributed by atoms with Gasteiger partial charge in [-0.1, -0.05) is 23.7 Å². The third-order valence-electron chi connectivity index (χ3n) is 2.16. The Balaban J connectivity index is 2.86. The van der Waals surface area contributed by atoms with Gasteiger partial charge in [0.05, 0.1) is 6.61 Å². The summed E-state index contributed by atoms with van der Waals surface area (Å²) in [5, 5.41) is 0.772. The Morgan fingerprint density at radius 2 is 1.94 bits per heavy atom. The molecule has 0 unspecified atom stereocenters. The van der Waals surface area contributed by atoms with Crippen molar-refractivity contribution in [3.05, 3.63) is 39.9 Å². The molecular formula is C13H15ClO2. The highest BCUT2D eigenvalue weighted by Gasteiger charge is 2.01. The fourth-order valence-electron chi connectivity index (χ4n) is 1.43. The van der Waals surface area contributed by atoms with Gasteiger partial charge < -0.3 is 4.74 Å². The summed E-state index contributed by atoms with van der Waals surface area (Å²) in [6, 6.07) is 3.87. The molecule has 0 spiro atoms. The minimum atomic E-state index is -0.326. The molecule has 3 heteroatoms. The van der Waals surface area contributed by atoms with Crippen molar-refractivity contribution in [1.29, 1.82) is 0 Å². The second-order valence-electron chi connectivity index (χ2n) is 3.55. The van der Waals surface area contributed by atoms with E-state index in [9.17, 15) is 4.79 Å². The highest BCUT2D eigenvalue weighted by molar-refractivity contribution is 6.32. The third-order valence-corrected chi connectivity index (χ3v) is 2.75. The van der Waals surface area contributed by atoms with E-state index in [4.69, 9.17) is 16.3 Å². The second kappa shape index (κ2) is 5.71. The lowest BCUT2D eigenvalue weighted by molar-refractivity contribution is -0.137. The van der Waals surface area contributed by atoms with Crippen LogP contribution in [0.15, 0.2) is 18.2 Å². The van der Waals surface area contributed by atoms with Crippen molar-refractivity contribution in [2.24, 2.45) is 0 Å². The van der Waals surface area contributed by atoms with E-state index in [1.54, 1.807) is 13.0 Å². The molecule has 0 N–H and O–H groups in total. The Morgan fingerprint density at radius 3 is 2.44 bits per heavy atom. The first-order chi connectivity index (χ1) is 7.54. The lowest BCUT2D eigenvalue weighted by Crippen LogP contribution is -1.98. The molecule has 0 bridgehead atoms. The zero-order valence-corrected chi connectivity index (χ0v) is 10.5. The quantitative estimate of drug-likeness (QED) is 0.595. The van der Waals surface area contributed by atoms with Crippen molar-refractivity contribution in [3.8, 4) is 0 Å². The first kappa shape index (κ1) is 12.8. The molecule has 0 aliphatic heterocycles. The van der Waals surface area contributed by atoms with Crippen LogP contribution in [0.1, 0.15) is 23.6 Å². The summed E-state index contributed by atoms with van der Waals surface area (Å²) in [5.41, 5.74) is 2.96. The summed E-state index contributed by atoms with van der Waals surface area (Å²) >= 11 is 6.05. The standard InChI is InChI=1S/C13H15ClO2/c1-4-16-12(15)6-5-11-7-9(2)13(14)10(3)8-11/h5-8H,4H2,1-3H3/b6-5+. The van der Waals surface area contributed by atoms with Crippen molar-refractivity contribution < 1.29 is 9.53 Å². The number of hydrogen-bond acceptors (Lipinski definition) is 2. The number of carbonyl (C=O) groups is 1. The molecule has 86 valence electrons. The topological polar surface area (TPSA) is 26.3 Å². The normalized spacial score (nSPS) is 10.8. The van der Waals surface area contributed by atoms with Gasteiger partial charge >= 0.3 is 5.97 Å². The van der Waals surface area contributed by atoms with Crippen LogP contribution in [0.25, 0.3) is 6.08 Å². The number of benzene rings is 1. The summed E-state index contributed by atoms with van der Waals surface area (Å²) < 4.78 is 4.80.